The maximum atomic E-state index is 12.1. The Balaban J connectivity index is 1.75. The van der Waals surface area contributed by atoms with Gasteiger partial charge in [-0.3, -0.25) is 4.79 Å². The van der Waals surface area contributed by atoms with Gasteiger partial charge in [-0.25, -0.2) is 4.63 Å². The van der Waals surface area contributed by atoms with Crippen LogP contribution in [0.3, 0.4) is 0 Å². The highest BCUT2D eigenvalue weighted by Crippen LogP contribution is 2.24. The Morgan fingerprint density at radius 2 is 1.88 bits per heavy atom. The van der Waals surface area contributed by atoms with E-state index in [2.05, 4.69) is 15.6 Å². The highest BCUT2D eigenvalue weighted by atomic mass is 35.5. The van der Waals surface area contributed by atoms with Crippen molar-refractivity contribution in [3.63, 3.8) is 0 Å². The van der Waals surface area contributed by atoms with Crippen LogP contribution in [0.4, 0.5) is 5.82 Å². The van der Waals surface area contributed by atoms with Gasteiger partial charge in [0.1, 0.15) is 0 Å². The Kier molecular flexibility index (Phi) is 4.72. The monoisotopic (exact) mass is 339 g/mol. The smallest absolute Gasteiger partial charge is 0.249 e. The number of carbonyl (C=O) groups is 1. The molecule has 0 aliphatic rings. The van der Waals surface area contributed by atoms with E-state index in [1.165, 1.54) is 6.08 Å². The molecule has 0 saturated carbocycles. The van der Waals surface area contributed by atoms with E-state index in [9.17, 15) is 4.79 Å². The Labute approximate surface area is 143 Å². The predicted molar refractivity (Wildman–Crippen MR) is 93.6 cm³/mol. The number of benzene rings is 2. The molecule has 1 N–H and O–H groups in total. The molecule has 3 aromatic rings. The lowest BCUT2D eigenvalue weighted by atomic mass is 10.1. The van der Waals surface area contributed by atoms with E-state index in [0.717, 1.165) is 16.7 Å². The molecule has 2 aromatic carbocycles. The van der Waals surface area contributed by atoms with Gasteiger partial charge >= 0.3 is 0 Å². The average molecular weight is 340 g/mol. The Hall–Kier alpha value is -2.92. The molecule has 0 atom stereocenters. The van der Waals surface area contributed by atoms with E-state index in [1.807, 2.05) is 49.4 Å². The van der Waals surface area contributed by atoms with Gasteiger partial charge in [0.25, 0.3) is 0 Å². The first-order valence-corrected chi connectivity index (χ1v) is 7.64. The molecule has 1 heterocycles. The summed E-state index contributed by atoms with van der Waals surface area (Å²) in [5.41, 5.74) is 3.18. The molecule has 0 saturated heterocycles. The average Bonchev–Trinajstić information content (AvgIpc) is 3.03. The summed E-state index contributed by atoms with van der Waals surface area (Å²) >= 11 is 6.05. The van der Waals surface area contributed by atoms with Crippen LogP contribution < -0.4 is 5.32 Å². The SMILES string of the molecule is Cc1ccc(-c2nonc2NC(=O)C=Cc2ccccc2Cl)cc1. The van der Waals surface area contributed by atoms with E-state index in [1.54, 1.807) is 12.1 Å². The van der Waals surface area contributed by atoms with Crippen LogP contribution in [0.15, 0.2) is 59.2 Å². The molecule has 3 rings (SSSR count). The van der Waals surface area contributed by atoms with Gasteiger partial charge in [0.05, 0.1) is 0 Å². The third kappa shape index (κ3) is 3.70. The molecule has 6 heteroatoms. The molecule has 24 heavy (non-hydrogen) atoms. The van der Waals surface area contributed by atoms with Gasteiger partial charge in [-0.2, -0.15) is 0 Å². The van der Waals surface area contributed by atoms with Gasteiger partial charge in [0, 0.05) is 16.7 Å². The zero-order chi connectivity index (χ0) is 16.9. The summed E-state index contributed by atoms with van der Waals surface area (Å²) in [5, 5.41) is 10.8. The van der Waals surface area contributed by atoms with Crippen molar-refractivity contribution < 1.29 is 9.42 Å². The van der Waals surface area contributed by atoms with Crippen LogP contribution in [0.2, 0.25) is 5.02 Å². The number of nitrogens with one attached hydrogen (secondary N) is 1. The fraction of sp³-hybridized carbons (Fsp3) is 0.0556. The lowest BCUT2D eigenvalue weighted by molar-refractivity contribution is -0.111. The van der Waals surface area contributed by atoms with Crippen LogP contribution >= 0.6 is 11.6 Å². The van der Waals surface area contributed by atoms with Crippen molar-refractivity contribution in [3.8, 4) is 11.3 Å². The molecule has 120 valence electrons. The number of hydrogen-bond acceptors (Lipinski definition) is 4. The second-order valence-electron chi connectivity index (χ2n) is 5.17. The van der Waals surface area contributed by atoms with Crippen molar-refractivity contribution >= 4 is 29.4 Å². The first-order valence-electron chi connectivity index (χ1n) is 7.26. The van der Waals surface area contributed by atoms with Crippen molar-refractivity contribution in [1.82, 2.24) is 10.3 Å². The molecule has 0 bridgehead atoms. The third-order valence-electron chi connectivity index (χ3n) is 3.37. The Morgan fingerprint density at radius 3 is 2.62 bits per heavy atom. The molecule has 1 aromatic heterocycles. The van der Waals surface area contributed by atoms with Crippen molar-refractivity contribution in [1.29, 1.82) is 0 Å². The van der Waals surface area contributed by atoms with Gasteiger partial charge < -0.3 is 5.32 Å². The summed E-state index contributed by atoms with van der Waals surface area (Å²) < 4.78 is 4.75. The van der Waals surface area contributed by atoms with Gasteiger partial charge in [-0.05, 0) is 34.9 Å². The second-order valence-corrected chi connectivity index (χ2v) is 5.58. The summed E-state index contributed by atoms with van der Waals surface area (Å²) in [6, 6.07) is 14.9. The minimum absolute atomic E-state index is 0.271. The summed E-state index contributed by atoms with van der Waals surface area (Å²) in [4.78, 5) is 12.1. The molecule has 1 amide bonds. The van der Waals surface area contributed by atoms with Gasteiger partial charge in [0.2, 0.25) is 11.7 Å². The van der Waals surface area contributed by atoms with Crippen LogP contribution in [-0.4, -0.2) is 16.2 Å². The van der Waals surface area contributed by atoms with E-state index >= 15 is 0 Å². The molecular formula is C18H14ClN3O2. The first kappa shape index (κ1) is 16.0. The number of aryl methyl sites for hydroxylation is 1. The molecule has 0 aliphatic heterocycles. The highest BCUT2D eigenvalue weighted by molar-refractivity contribution is 6.32. The topological polar surface area (TPSA) is 68.0 Å². The molecule has 0 unspecified atom stereocenters. The van der Waals surface area contributed by atoms with Crippen LogP contribution in [0, 0.1) is 6.92 Å². The standard InChI is InChI=1S/C18H14ClN3O2/c1-12-6-8-14(9-7-12)17-18(22-24-21-17)20-16(23)11-10-13-4-2-3-5-15(13)19/h2-11H,1H3,(H,20,22,23). The fourth-order valence-electron chi connectivity index (χ4n) is 2.11. The zero-order valence-corrected chi connectivity index (χ0v) is 13.6. The van der Waals surface area contributed by atoms with Crippen molar-refractivity contribution in [2.24, 2.45) is 0 Å². The summed E-state index contributed by atoms with van der Waals surface area (Å²) in [5.74, 6) is -0.0772. The number of amides is 1. The molecular weight excluding hydrogens is 326 g/mol. The van der Waals surface area contributed by atoms with Crippen LogP contribution in [-0.2, 0) is 4.79 Å². The van der Waals surface area contributed by atoms with Gasteiger partial charge in [-0.1, -0.05) is 59.6 Å². The second kappa shape index (κ2) is 7.10. The number of carbonyl (C=O) groups excluding carboxylic acids is 1. The zero-order valence-electron chi connectivity index (χ0n) is 12.9. The predicted octanol–water partition coefficient (Wildman–Crippen LogP) is 4.35. The molecule has 0 fully saturated rings. The quantitative estimate of drug-likeness (QED) is 0.717. The summed E-state index contributed by atoms with van der Waals surface area (Å²) in [6.45, 7) is 1.99. The van der Waals surface area contributed by atoms with E-state index in [-0.39, 0.29) is 11.7 Å². The minimum Gasteiger partial charge on any atom is -0.302 e. The maximum Gasteiger partial charge on any atom is 0.249 e. The first-order chi connectivity index (χ1) is 11.6. The normalized spacial score (nSPS) is 10.9. The Morgan fingerprint density at radius 1 is 1.12 bits per heavy atom. The minimum atomic E-state index is -0.348. The molecule has 0 spiro atoms. The molecule has 0 aliphatic carbocycles. The number of halogens is 1. The number of aromatic nitrogens is 2. The highest BCUT2D eigenvalue weighted by Gasteiger charge is 2.13. The van der Waals surface area contributed by atoms with Crippen LogP contribution in [0.1, 0.15) is 11.1 Å². The van der Waals surface area contributed by atoms with E-state index in [0.29, 0.717) is 10.7 Å². The molecule has 0 radical (unpaired) electrons. The molecule has 5 nitrogen and oxygen atoms in total. The lowest BCUT2D eigenvalue weighted by Gasteiger charge is -2.01. The number of nitrogens with zero attached hydrogens (tertiary/aromatic N) is 2. The Bertz CT molecular complexity index is 885. The van der Waals surface area contributed by atoms with Crippen LogP contribution in [0.25, 0.3) is 17.3 Å². The van der Waals surface area contributed by atoms with Gasteiger partial charge in [-0.15, -0.1) is 0 Å². The number of rotatable bonds is 4. The largest absolute Gasteiger partial charge is 0.302 e. The number of hydrogen-bond donors (Lipinski definition) is 1. The van der Waals surface area contributed by atoms with E-state index < -0.39 is 0 Å². The van der Waals surface area contributed by atoms with Crippen molar-refractivity contribution in [2.75, 3.05) is 5.32 Å². The third-order valence-corrected chi connectivity index (χ3v) is 3.72. The van der Waals surface area contributed by atoms with Crippen LogP contribution in [0.5, 0.6) is 0 Å². The summed E-state index contributed by atoms with van der Waals surface area (Å²) in [7, 11) is 0. The van der Waals surface area contributed by atoms with Crippen molar-refractivity contribution in [2.45, 2.75) is 6.92 Å². The number of anilines is 1. The lowest BCUT2D eigenvalue weighted by Crippen LogP contribution is -2.09. The van der Waals surface area contributed by atoms with Crippen molar-refractivity contribution in [3.05, 3.63) is 70.8 Å². The maximum absolute atomic E-state index is 12.1. The fourth-order valence-corrected chi connectivity index (χ4v) is 2.30. The van der Waals surface area contributed by atoms with Gasteiger partial charge in [0.15, 0.2) is 5.69 Å². The summed E-state index contributed by atoms with van der Waals surface area (Å²) in [6.07, 6.45) is 3.02. The van der Waals surface area contributed by atoms with E-state index in [4.69, 9.17) is 16.2 Å².